The highest BCUT2D eigenvalue weighted by molar-refractivity contribution is 6.34. The van der Waals surface area contributed by atoms with E-state index in [-0.39, 0.29) is 17.5 Å². The summed E-state index contributed by atoms with van der Waals surface area (Å²) in [6.45, 7) is 2.40. The number of hydrogen-bond donors (Lipinski definition) is 2. The lowest BCUT2D eigenvalue weighted by Crippen LogP contribution is -2.23. The van der Waals surface area contributed by atoms with Crippen LogP contribution in [0.3, 0.4) is 0 Å². The molecule has 0 unspecified atom stereocenters. The van der Waals surface area contributed by atoms with Gasteiger partial charge in [0, 0.05) is 19.7 Å². The number of hydrogen-bond acceptors (Lipinski definition) is 3. The minimum atomic E-state index is -0.365. The Labute approximate surface area is 162 Å². The molecule has 7 heteroatoms. The average Bonchev–Trinajstić information content (AvgIpc) is 3.00. The third-order valence-corrected chi connectivity index (χ3v) is 4.34. The Kier molecular flexibility index (Phi) is 5.57. The highest BCUT2D eigenvalue weighted by atomic mass is 35.5. The van der Waals surface area contributed by atoms with Gasteiger partial charge in [-0.3, -0.25) is 14.3 Å². The molecule has 0 saturated carbocycles. The number of benzene rings is 2. The molecule has 0 saturated heterocycles. The summed E-state index contributed by atoms with van der Waals surface area (Å²) >= 11 is 6.04. The average molecular weight is 383 g/mol. The van der Waals surface area contributed by atoms with E-state index in [0.29, 0.717) is 22.9 Å². The third kappa shape index (κ3) is 4.54. The predicted octanol–water partition coefficient (Wildman–Crippen LogP) is 3.56. The molecule has 0 fully saturated rings. The van der Waals surface area contributed by atoms with Crippen LogP contribution in [0.5, 0.6) is 0 Å². The molecule has 3 rings (SSSR count). The molecule has 2 amide bonds. The maximum atomic E-state index is 12.4. The first-order valence-electron chi connectivity index (χ1n) is 8.37. The summed E-state index contributed by atoms with van der Waals surface area (Å²) in [6.07, 6.45) is 0. The SMILES string of the molecule is Cc1cccc(CNC(=O)c2cc(NC(=O)c3ccccc3Cl)n(C)n2)c1. The van der Waals surface area contributed by atoms with Crippen molar-refractivity contribution in [3.8, 4) is 0 Å². The molecule has 138 valence electrons. The maximum absolute atomic E-state index is 12.4. The minimum absolute atomic E-state index is 0.222. The molecule has 0 atom stereocenters. The Balaban J connectivity index is 1.67. The van der Waals surface area contributed by atoms with Crippen LogP contribution >= 0.6 is 11.6 Å². The maximum Gasteiger partial charge on any atom is 0.272 e. The molecule has 27 heavy (non-hydrogen) atoms. The van der Waals surface area contributed by atoms with Crippen molar-refractivity contribution in [3.05, 3.63) is 82.0 Å². The molecular formula is C20H19ClN4O2. The van der Waals surface area contributed by atoms with Crippen LogP contribution in [-0.2, 0) is 13.6 Å². The van der Waals surface area contributed by atoms with Gasteiger partial charge in [0.1, 0.15) is 5.82 Å². The van der Waals surface area contributed by atoms with Gasteiger partial charge in [-0.2, -0.15) is 5.10 Å². The second-order valence-electron chi connectivity index (χ2n) is 6.14. The van der Waals surface area contributed by atoms with Crippen LogP contribution in [0.1, 0.15) is 32.0 Å². The van der Waals surface area contributed by atoms with Gasteiger partial charge in [0.2, 0.25) is 0 Å². The first-order valence-corrected chi connectivity index (χ1v) is 8.75. The van der Waals surface area contributed by atoms with E-state index in [9.17, 15) is 9.59 Å². The van der Waals surface area contributed by atoms with Crippen molar-refractivity contribution in [2.45, 2.75) is 13.5 Å². The molecule has 6 nitrogen and oxygen atoms in total. The number of carbonyl (C=O) groups excluding carboxylic acids is 2. The smallest absolute Gasteiger partial charge is 0.272 e. The van der Waals surface area contributed by atoms with E-state index in [4.69, 9.17) is 11.6 Å². The van der Waals surface area contributed by atoms with Crippen LogP contribution in [0.15, 0.2) is 54.6 Å². The molecule has 3 aromatic rings. The van der Waals surface area contributed by atoms with Crippen LogP contribution in [0.25, 0.3) is 0 Å². The second kappa shape index (κ2) is 8.05. The van der Waals surface area contributed by atoms with Crippen molar-refractivity contribution in [3.63, 3.8) is 0 Å². The molecule has 2 N–H and O–H groups in total. The van der Waals surface area contributed by atoms with Gasteiger partial charge in [-0.15, -0.1) is 0 Å². The fourth-order valence-corrected chi connectivity index (χ4v) is 2.84. The largest absolute Gasteiger partial charge is 0.347 e. The monoisotopic (exact) mass is 382 g/mol. The zero-order valence-corrected chi connectivity index (χ0v) is 15.7. The first-order chi connectivity index (χ1) is 12.9. The summed E-state index contributed by atoms with van der Waals surface area (Å²) in [5.41, 5.74) is 2.71. The first kappa shape index (κ1) is 18.7. The molecule has 2 aromatic carbocycles. The van der Waals surface area contributed by atoms with Gasteiger partial charge in [0.25, 0.3) is 11.8 Å². The number of amides is 2. The van der Waals surface area contributed by atoms with Crippen molar-refractivity contribution < 1.29 is 9.59 Å². The topological polar surface area (TPSA) is 76.0 Å². The summed E-state index contributed by atoms with van der Waals surface area (Å²) in [5, 5.41) is 10.1. The number of anilines is 1. The summed E-state index contributed by atoms with van der Waals surface area (Å²) in [5.74, 6) is -0.277. The molecule has 0 aliphatic carbocycles. The number of aryl methyl sites for hydroxylation is 2. The predicted molar refractivity (Wildman–Crippen MR) is 105 cm³/mol. The van der Waals surface area contributed by atoms with Crippen molar-refractivity contribution >= 4 is 29.2 Å². The van der Waals surface area contributed by atoms with E-state index in [1.54, 1.807) is 31.3 Å². The molecule has 1 aromatic heterocycles. The van der Waals surface area contributed by atoms with E-state index in [2.05, 4.69) is 15.7 Å². The van der Waals surface area contributed by atoms with Crippen molar-refractivity contribution in [1.82, 2.24) is 15.1 Å². The normalized spacial score (nSPS) is 10.5. The summed E-state index contributed by atoms with van der Waals surface area (Å²) in [7, 11) is 1.65. The second-order valence-corrected chi connectivity index (χ2v) is 6.55. The van der Waals surface area contributed by atoms with Gasteiger partial charge in [0.05, 0.1) is 10.6 Å². The number of carbonyl (C=O) groups is 2. The van der Waals surface area contributed by atoms with Gasteiger partial charge in [-0.05, 0) is 24.6 Å². The molecule has 0 spiro atoms. The Morgan fingerprint density at radius 3 is 2.59 bits per heavy atom. The van der Waals surface area contributed by atoms with E-state index >= 15 is 0 Å². The zero-order valence-electron chi connectivity index (χ0n) is 15.0. The minimum Gasteiger partial charge on any atom is -0.347 e. The van der Waals surface area contributed by atoms with Crippen LogP contribution in [0, 0.1) is 6.92 Å². The van der Waals surface area contributed by atoms with E-state index < -0.39 is 0 Å². The van der Waals surface area contributed by atoms with Gasteiger partial charge in [-0.25, -0.2) is 0 Å². The summed E-state index contributed by atoms with van der Waals surface area (Å²) < 4.78 is 1.44. The highest BCUT2D eigenvalue weighted by Gasteiger charge is 2.16. The van der Waals surface area contributed by atoms with Gasteiger partial charge in [0.15, 0.2) is 5.69 Å². The Bertz CT molecular complexity index is 997. The van der Waals surface area contributed by atoms with Crippen molar-refractivity contribution in [2.75, 3.05) is 5.32 Å². The fraction of sp³-hybridized carbons (Fsp3) is 0.150. The van der Waals surface area contributed by atoms with Crippen LogP contribution in [0.4, 0.5) is 5.82 Å². The lowest BCUT2D eigenvalue weighted by molar-refractivity contribution is 0.0944. The van der Waals surface area contributed by atoms with E-state index in [1.807, 2.05) is 31.2 Å². The molecule has 0 radical (unpaired) electrons. The number of aromatic nitrogens is 2. The number of halogens is 1. The summed E-state index contributed by atoms with van der Waals surface area (Å²) in [4.78, 5) is 24.7. The third-order valence-electron chi connectivity index (χ3n) is 4.01. The Morgan fingerprint density at radius 1 is 1.07 bits per heavy atom. The number of nitrogens with zero attached hydrogens (tertiary/aromatic N) is 2. The highest BCUT2D eigenvalue weighted by Crippen LogP contribution is 2.17. The van der Waals surface area contributed by atoms with Crippen LogP contribution in [-0.4, -0.2) is 21.6 Å². The summed E-state index contributed by atoms with van der Waals surface area (Å²) in [6, 6.07) is 16.2. The van der Waals surface area contributed by atoms with Crippen LogP contribution < -0.4 is 10.6 Å². The van der Waals surface area contributed by atoms with Crippen LogP contribution in [0.2, 0.25) is 5.02 Å². The van der Waals surface area contributed by atoms with Gasteiger partial charge in [-0.1, -0.05) is 53.6 Å². The Morgan fingerprint density at radius 2 is 1.85 bits per heavy atom. The van der Waals surface area contributed by atoms with E-state index in [1.165, 1.54) is 10.7 Å². The van der Waals surface area contributed by atoms with Crippen molar-refractivity contribution in [1.29, 1.82) is 0 Å². The fourth-order valence-electron chi connectivity index (χ4n) is 2.62. The molecule has 0 aliphatic rings. The molecule has 0 aliphatic heterocycles. The molecule has 0 bridgehead atoms. The van der Waals surface area contributed by atoms with Gasteiger partial charge >= 0.3 is 0 Å². The van der Waals surface area contributed by atoms with E-state index in [0.717, 1.165) is 11.1 Å². The standard InChI is InChI=1S/C20H19ClN4O2/c1-13-6-5-7-14(10-13)12-22-20(27)17-11-18(25(2)24-17)23-19(26)15-8-3-4-9-16(15)21/h3-11H,12H2,1-2H3,(H,22,27)(H,23,26). The zero-order chi connectivity index (χ0) is 19.4. The van der Waals surface area contributed by atoms with Crippen molar-refractivity contribution in [2.24, 2.45) is 7.05 Å². The quantitative estimate of drug-likeness (QED) is 0.708. The molecule has 1 heterocycles. The Hall–Kier alpha value is -3.12. The number of nitrogens with one attached hydrogen (secondary N) is 2. The lowest BCUT2D eigenvalue weighted by Gasteiger charge is -2.06. The number of rotatable bonds is 5. The lowest BCUT2D eigenvalue weighted by atomic mass is 10.1. The van der Waals surface area contributed by atoms with Gasteiger partial charge < -0.3 is 10.6 Å². The molecular weight excluding hydrogens is 364 g/mol.